The zero-order valence-electron chi connectivity index (χ0n) is 16.8. The molecule has 0 aliphatic heterocycles. The zero-order chi connectivity index (χ0) is 20.5. The lowest BCUT2D eigenvalue weighted by Crippen LogP contribution is -2.22. The molecule has 3 aromatic carbocycles. The Hall–Kier alpha value is -3.47. The number of ether oxygens (including phenoxy) is 2. The number of benzene rings is 3. The summed E-state index contributed by atoms with van der Waals surface area (Å²) in [5, 5.41) is 6.10. The Balaban J connectivity index is 1.40. The van der Waals surface area contributed by atoms with Crippen LogP contribution in [0.15, 0.2) is 72.8 Å². The Kier molecular flexibility index (Phi) is 7.11. The molecular weight excluding hydrogens is 364 g/mol. The van der Waals surface area contributed by atoms with Crippen LogP contribution in [0.4, 0.5) is 11.4 Å². The Morgan fingerprint density at radius 3 is 1.97 bits per heavy atom. The van der Waals surface area contributed by atoms with Gasteiger partial charge < -0.3 is 20.1 Å². The highest BCUT2D eigenvalue weighted by Crippen LogP contribution is 2.19. The van der Waals surface area contributed by atoms with E-state index < -0.39 is 0 Å². The van der Waals surface area contributed by atoms with E-state index in [2.05, 4.69) is 10.6 Å². The van der Waals surface area contributed by atoms with Gasteiger partial charge in [0.05, 0.1) is 6.54 Å². The third-order valence-corrected chi connectivity index (χ3v) is 4.42. The van der Waals surface area contributed by atoms with E-state index in [1.807, 2.05) is 86.6 Å². The summed E-state index contributed by atoms with van der Waals surface area (Å²) in [4.78, 5) is 12.2. The Labute approximate surface area is 171 Å². The first kappa shape index (κ1) is 20.3. The fraction of sp³-hybridized carbons (Fsp3) is 0.208. The van der Waals surface area contributed by atoms with E-state index in [0.29, 0.717) is 13.2 Å². The molecule has 0 atom stereocenters. The van der Waals surface area contributed by atoms with Crippen LogP contribution in [0.25, 0.3) is 0 Å². The van der Waals surface area contributed by atoms with Gasteiger partial charge in [-0.05, 0) is 61.4 Å². The van der Waals surface area contributed by atoms with E-state index in [1.54, 1.807) is 0 Å². The summed E-state index contributed by atoms with van der Waals surface area (Å²) in [5.74, 6) is 1.50. The van der Waals surface area contributed by atoms with Gasteiger partial charge in [0.15, 0.2) is 0 Å². The SMILES string of the molecule is Cc1cccc(C)c1NC(=O)CNc1ccc(OCCOc2ccccc2)cc1. The third-order valence-electron chi connectivity index (χ3n) is 4.42. The topological polar surface area (TPSA) is 59.6 Å². The molecule has 0 aliphatic rings. The van der Waals surface area contributed by atoms with Crippen molar-refractivity contribution >= 4 is 17.3 Å². The van der Waals surface area contributed by atoms with Crippen LogP contribution in [0.5, 0.6) is 11.5 Å². The fourth-order valence-corrected chi connectivity index (χ4v) is 2.88. The van der Waals surface area contributed by atoms with Gasteiger partial charge in [-0.3, -0.25) is 4.79 Å². The van der Waals surface area contributed by atoms with Crippen molar-refractivity contribution < 1.29 is 14.3 Å². The number of rotatable bonds is 9. The lowest BCUT2D eigenvalue weighted by Gasteiger charge is -2.13. The average molecular weight is 390 g/mol. The lowest BCUT2D eigenvalue weighted by atomic mass is 10.1. The molecule has 0 aliphatic carbocycles. The molecule has 0 spiro atoms. The number of aryl methyl sites for hydroxylation is 2. The van der Waals surface area contributed by atoms with Crippen LogP contribution in [0.2, 0.25) is 0 Å². The molecule has 29 heavy (non-hydrogen) atoms. The predicted molar refractivity (Wildman–Crippen MR) is 117 cm³/mol. The molecule has 0 unspecified atom stereocenters. The largest absolute Gasteiger partial charge is 0.490 e. The van der Waals surface area contributed by atoms with Gasteiger partial charge in [-0.1, -0.05) is 36.4 Å². The second-order valence-electron chi connectivity index (χ2n) is 6.70. The minimum absolute atomic E-state index is 0.0826. The Bertz CT molecular complexity index is 904. The minimum atomic E-state index is -0.0826. The van der Waals surface area contributed by atoms with E-state index in [-0.39, 0.29) is 12.5 Å². The van der Waals surface area contributed by atoms with Crippen LogP contribution in [0.3, 0.4) is 0 Å². The van der Waals surface area contributed by atoms with E-state index in [4.69, 9.17) is 9.47 Å². The summed E-state index contributed by atoms with van der Waals surface area (Å²) in [7, 11) is 0. The van der Waals surface area contributed by atoms with Gasteiger partial charge in [-0.2, -0.15) is 0 Å². The van der Waals surface area contributed by atoms with Gasteiger partial charge in [0, 0.05) is 11.4 Å². The van der Waals surface area contributed by atoms with E-state index in [0.717, 1.165) is 34.0 Å². The second-order valence-corrected chi connectivity index (χ2v) is 6.70. The molecule has 0 bridgehead atoms. The van der Waals surface area contributed by atoms with E-state index in [1.165, 1.54) is 0 Å². The number of anilines is 2. The maximum absolute atomic E-state index is 12.2. The smallest absolute Gasteiger partial charge is 0.243 e. The molecule has 5 nitrogen and oxygen atoms in total. The first-order valence-electron chi connectivity index (χ1n) is 9.62. The standard InChI is InChI=1S/C24H26N2O3/c1-18-7-6-8-19(2)24(18)26-23(27)17-25-20-11-13-22(14-12-20)29-16-15-28-21-9-4-3-5-10-21/h3-14,25H,15-17H2,1-2H3,(H,26,27). The third kappa shape index (κ3) is 6.28. The van der Waals surface area contributed by atoms with Crippen LogP contribution in [0, 0.1) is 13.8 Å². The molecular formula is C24H26N2O3. The number of para-hydroxylation sites is 2. The number of hydrogen-bond donors (Lipinski definition) is 2. The van der Waals surface area contributed by atoms with Crippen molar-refractivity contribution in [3.05, 3.63) is 83.9 Å². The minimum Gasteiger partial charge on any atom is -0.490 e. The molecule has 0 radical (unpaired) electrons. The van der Waals surface area contributed by atoms with Crippen LogP contribution < -0.4 is 20.1 Å². The van der Waals surface area contributed by atoms with Gasteiger partial charge in [0.25, 0.3) is 0 Å². The summed E-state index contributed by atoms with van der Waals surface area (Å²) in [5.41, 5.74) is 3.84. The van der Waals surface area contributed by atoms with Crippen molar-refractivity contribution in [2.24, 2.45) is 0 Å². The van der Waals surface area contributed by atoms with Crippen molar-refractivity contribution in [1.29, 1.82) is 0 Å². The van der Waals surface area contributed by atoms with Crippen molar-refractivity contribution in [3.8, 4) is 11.5 Å². The van der Waals surface area contributed by atoms with Crippen LogP contribution in [0.1, 0.15) is 11.1 Å². The molecule has 0 fully saturated rings. The molecule has 1 amide bonds. The first-order valence-corrected chi connectivity index (χ1v) is 9.62. The van der Waals surface area contributed by atoms with Gasteiger partial charge in [0.1, 0.15) is 24.7 Å². The predicted octanol–water partition coefficient (Wildman–Crippen LogP) is 4.81. The maximum atomic E-state index is 12.2. The highest BCUT2D eigenvalue weighted by molar-refractivity contribution is 5.95. The van der Waals surface area contributed by atoms with Crippen molar-refractivity contribution in [3.63, 3.8) is 0 Å². The molecule has 0 saturated carbocycles. The van der Waals surface area contributed by atoms with Gasteiger partial charge in [-0.15, -0.1) is 0 Å². The molecule has 3 aromatic rings. The van der Waals surface area contributed by atoms with Gasteiger partial charge in [-0.25, -0.2) is 0 Å². The number of nitrogens with one attached hydrogen (secondary N) is 2. The fourth-order valence-electron chi connectivity index (χ4n) is 2.88. The summed E-state index contributed by atoms with van der Waals surface area (Å²) in [6.45, 7) is 5.10. The summed E-state index contributed by atoms with van der Waals surface area (Å²) < 4.78 is 11.3. The van der Waals surface area contributed by atoms with Crippen molar-refractivity contribution in [2.75, 3.05) is 30.4 Å². The van der Waals surface area contributed by atoms with E-state index >= 15 is 0 Å². The summed E-state index contributed by atoms with van der Waals surface area (Å²) in [6, 6.07) is 23.1. The molecule has 0 saturated heterocycles. The molecule has 150 valence electrons. The molecule has 0 heterocycles. The lowest BCUT2D eigenvalue weighted by molar-refractivity contribution is -0.114. The molecule has 2 N–H and O–H groups in total. The highest BCUT2D eigenvalue weighted by Gasteiger charge is 2.07. The number of carbonyl (C=O) groups excluding carboxylic acids is 1. The van der Waals surface area contributed by atoms with Crippen LogP contribution in [-0.4, -0.2) is 25.7 Å². The summed E-state index contributed by atoms with van der Waals surface area (Å²) >= 11 is 0. The first-order chi connectivity index (χ1) is 14.1. The van der Waals surface area contributed by atoms with Gasteiger partial charge in [0.2, 0.25) is 5.91 Å². The van der Waals surface area contributed by atoms with Crippen molar-refractivity contribution in [1.82, 2.24) is 0 Å². The number of hydrogen-bond acceptors (Lipinski definition) is 4. The Morgan fingerprint density at radius 1 is 0.759 bits per heavy atom. The number of amides is 1. The molecule has 5 heteroatoms. The Morgan fingerprint density at radius 2 is 1.34 bits per heavy atom. The second kappa shape index (κ2) is 10.2. The molecule has 3 rings (SSSR count). The van der Waals surface area contributed by atoms with Gasteiger partial charge >= 0.3 is 0 Å². The number of carbonyl (C=O) groups is 1. The van der Waals surface area contributed by atoms with E-state index in [9.17, 15) is 4.79 Å². The molecule has 0 aromatic heterocycles. The monoisotopic (exact) mass is 390 g/mol. The van der Waals surface area contributed by atoms with Crippen molar-refractivity contribution in [2.45, 2.75) is 13.8 Å². The normalized spacial score (nSPS) is 10.3. The van der Waals surface area contributed by atoms with Crippen LogP contribution >= 0.6 is 0 Å². The van der Waals surface area contributed by atoms with Crippen LogP contribution in [-0.2, 0) is 4.79 Å². The maximum Gasteiger partial charge on any atom is 0.243 e. The highest BCUT2D eigenvalue weighted by atomic mass is 16.5. The average Bonchev–Trinajstić information content (AvgIpc) is 2.74. The zero-order valence-corrected chi connectivity index (χ0v) is 16.8. The quantitative estimate of drug-likeness (QED) is 0.515. The summed E-state index contributed by atoms with van der Waals surface area (Å²) in [6.07, 6.45) is 0.